The molecule has 0 spiro atoms. The second-order valence-corrected chi connectivity index (χ2v) is 6.28. The van der Waals surface area contributed by atoms with Crippen LogP contribution in [0.4, 0.5) is 11.4 Å². The van der Waals surface area contributed by atoms with Crippen molar-refractivity contribution in [1.29, 1.82) is 0 Å². The molecule has 1 aromatic carbocycles. The van der Waals surface area contributed by atoms with Crippen LogP contribution in [0.5, 0.6) is 0 Å². The molecule has 3 nitrogen and oxygen atoms in total. The summed E-state index contributed by atoms with van der Waals surface area (Å²) in [5, 5.41) is 0. The summed E-state index contributed by atoms with van der Waals surface area (Å²) < 4.78 is 0. The predicted molar refractivity (Wildman–Crippen MR) is 83.1 cm³/mol. The van der Waals surface area contributed by atoms with E-state index in [2.05, 4.69) is 6.07 Å². The molecule has 0 radical (unpaired) electrons. The van der Waals surface area contributed by atoms with Gasteiger partial charge >= 0.3 is 0 Å². The van der Waals surface area contributed by atoms with Crippen molar-refractivity contribution in [3.8, 4) is 0 Å². The number of halogens is 1. The van der Waals surface area contributed by atoms with E-state index in [0.717, 1.165) is 43.1 Å². The molecular weight excluding hydrogens is 272 g/mol. The van der Waals surface area contributed by atoms with E-state index in [1.807, 2.05) is 17.0 Å². The summed E-state index contributed by atoms with van der Waals surface area (Å²) in [6, 6.07) is 5.96. The molecule has 2 aliphatic carbocycles. The van der Waals surface area contributed by atoms with Crippen LogP contribution >= 0.6 is 12.4 Å². The Bertz CT molecular complexity index is 541. The molecule has 4 heteroatoms. The first-order valence-electron chi connectivity index (χ1n) is 7.44. The average molecular weight is 293 g/mol. The number of fused-ring (bicyclic) bond motifs is 1. The minimum absolute atomic E-state index is 0. The number of carbonyl (C=O) groups is 1. The Balaban J connectivity index is 0.00000121. The van der Waals surface area contributed by atoms with E-state index in [1.54, 1.807) is 0 Å². The Morgan fingerprint density at radius 3 is 2.85 bits per heavy atom. The maximum atomic E-state index is 12.7. The van der Waals surface area contributed by atoms with Crippen molar-refractivity contribution in [3.05, 3.63) is 23.8 Å². The Morgan fingerprint density at radius 1 is 1.30 bits per heavy atom. The van der Waals surface area contributed by atoms with Crippen molar-refractivity contribution in [3.63, 3.8) is 0 Å². The van der Waals surface area contributed by atoms with E-state index in [0.29, 0.717) is 17.7 Å². The third-order valence-corrected chi connectivity index (χ3v) is 4.94. The predicted octanol–water partition coefficient (Wildman–Crippen LogP) is 3.02. The highest BCUT2D eigenvalue weighted by Crippen LogP contribution is 2.55. The van der Waals surface area contributed by atoms with Gasteiger partial charge in [0, 0.05) is 23.8 Å². The van der Waals surface area contributed by atoms with Crippen LogP contribution in [-0.4, -0.2) is 12.5 Å². The van der Waals surface area contributed by atoms with E-state index in [-0.39, 0.29) is 12.4 Å². The zero-order valence-corrected chi connectivity index (χ0v) is 12.4. The maximum Gasteiger partial charge on any atom is 0.230 e. The van der Waals surface area contributed by atoms with Crippen LogP contribution in [0.2, 0.25) is 0 Å². The van der Waals surface area contributed by atoms with Gasteiger partial charge in [0.15, 0.2) is 0 Å². The monoisotopic (exact) mass is 292 g/mol. The fourth-order valence-corrected chi connectivity index (χ4v) is 3.62. The van der Waals surface area contributed by atoms with Gasteiger partial charge in [0.25, 0.3) is 0 Å². The first kappa shape index (κ1) is 13.7. The van der Waals surface area contributed by atoms with Crippen LogP contribution in [0, 0.1) is 17.8 Å². The lowest BCUT2D eigenvalue weighted by Gasteiger charge is -2.30. The third kappa shape index (κ3) is 2.18. The van der Waals surface area contributed by atoms with E-state index >= 15 is 0 Å². The molecule has 0 aromatic heterocycles. The molecule has 2 fully saturated rings. The molecule has 2 N–H and O–H groups in total. The molecule has 2 saturated carbocycles. The number of carbonyl (C=O) groups excluding carboxylic acids is 1. The molecule has 1 aliphatic heterocycles. The second kappa shape index (κ2) is 4.96. The molecule has 1 heterocycles. The van der Waals surface area contributed by atoms with Gasteiger partial charge in [0.2, 0.25) is 5.91 Å². The quantitative estimate of drug-likeness (QED) is 0.852. The first-order chi connectivity index (χ1) is 9.25. The lowest BCUT2D eigenvalue weighted by molar-refractivity contribution is -0.120. The standard InChI is InChI=1S/C16H20N2O.ClH/c17-14-4-1-5-15-11(14)3-2-8-18(15)16(19)13-9-12(13)10-6-7-10;/h1,4-5,10,12-13H,2-3,6-9,17H2;1H. The summed E-state index contributed by atoms with van der Waals surface area (Å²) in [7, 11) is 0. The summed E-state index contributed by atoms with van der Waals surface area (Å²) in [4.78, 5) is 14.7. The van der Waals surface area contributed by atoms with Crippen molar-refractivity contribution in [2.24, 2.45) is 17.8 Å². The smallest absolute Gasteiger partial charge is 0.230 e. The fourth-order valence-electron chi connectivity index (χ4n) is 3.62. The number of nitrogens with two attached hydrogens (primary N) is 1. The molecule has 0 saturated heterocycles. The molecule has 2 unspecified atom stereocenters. The number of nitrogens with zero attached hydrogens (tertiary/aromatic N) is 1. The number of anilines is 2. The Kier molecular flexibility index (Phi) is 3.41. The van der Waals surface area contributed by atoms with Gasteiger partial charge in [0.05, 0.1) is 0 Å². The second-order valence-electron chi connectivity index (χ2n) is 6.28. The minimum atomic E-state index is 0. The summed E-state index contributed by atoms with van der Waals surface area (Å²) in [6.07, 6.45) is 5.85. The zero-order valence-electron chi connectivity index (χ0n) is 11.5. The molecule has 1 amide bonds. The van der Waals surface area contributed by atoms with Crippen LogP contribution in [0.1, 0.15) is 31.2 Å². The largest absolute Gasteiger partial charge is 0.398 e. The molecule has 3 aliphatic rings. The highest BCUT2D eigenvalue weighted by Gasteiger charge is 2.52. The van der Waals surface area contributed by atoms with E-state index in [1.165, 1.54) is 18.4 Å². The molecule has 2 atom stereocenters. The van der Waals surface area contributed by atoms with Gasteiger partial charge in [0.1, 0.15) is 0 Å². The highest BCUT2D eigenvalue weighted by atomic mass is 35.5. The number of nitrogen functional groups attached to an aromatic ring is 1. The van der Waals surface area contributed by atoms with Crippen molar-refractivity contribution >= 4 is 29.7 Å². The lowest BCUT2D eigenvalue weighted by atomic mass is 9.99. The summed E-state index contributed by atoms with van der Waals surface area (Å²) >= 11 is 0. The van der Waals surface area contributed by atoms with Crippen LogP contribution in [0.3, 0.4) is 0 Å². The van der Waals surface area contributed by atoms with Crippen LogP contribution in [0.15, 0.2) is 18.2 Å². The molecule has 1 aromatic rings. The Labute approximate surface area is 125 Å². The van der Waals surface area contributed by atoms with Crippen molar-refractivity contribution in [1.82, 2.24) is 0 Å². The molecule has 108 valence electrons. The number of rotatable bonds is 2. The van der Waals surface area contributed by atoms with Gasteiger partial charge in [-0.1, -0.05) is 6.07 Å². The van der Waals surface area contributed by atoms with E-state index in [9.17, 15) is 4.79 Å². The average Bonchev–Trinajstić information content (AvgIpc) is 3.28. The SMILES string of the molecule is Cl.Nc1cccc2c1CCCN2C(=O)C1CC1C1CC1. The van der Waals surface area contributed by atoms with Crippen LogP contribution in [0.25, 0.3) is 0 Å². The van der Waals surface area contributed by atoms with Crippen LogP contribution in [-0.2, 0) is 11.2 Å². The van der Waals surface area contributed by atoms with Crippen molar-refractivity contribution < 1.29 is 4.79 Å². The topological polar surface area (TPSA) is 46.3 Å². The Hall–Kier alpha value is -1.22. The third-order valence-electron chi connectivity index (χ3n) is 4.94. The maximum absolute atomic E-state index is 12.7. The molecular formula is C16H21ClN2O. The van der Waals surface area contributed by atoms with Gasteiger partial charge in [-0.15, -0.1) is 12.4 Å². The van der Waals surface area contributed by atoms with Gasteiger partial charge in [-0.25, -0.2) is 0 Å². The van der Waals surface area contributed by atoms with Gasteiger partial charge in [-0.3, -0.25) is 4.79 Å². The first-order valence-corrected chi connectivity index (χ1v) is 7.44. The fraction of sp³-hybridized carbons (Fsp3) is 0.562. The molecule has 4 rings (SSSR count). The van der Waals surface area contributed by atoms with Crippen LogP contribution < -0.4 is 10.6 Å². The number of hydrogen-bond donors (Lipinski definition) is 1. The Morgan fingerprint density at radius 2 is 2.10 bits per heavy atom. The number of benzene rings is 1. The van der Waals surface area contributed by atoms with Gasteiger partial charge < -0.3 is 10.6 Å². The lowest BCUT2D eigenvalue weighted by Crippen LogP contribution is -2.37. The summed E-state index contributed by atoms with van der Waals surface area (Å²) in [5.41, 5.74) is 9.12. The highest BCUT2D eigenvalue weighted by molar-refractivity contribution is 5.98. The van der Waals surface area contributed by atoms with E-state index in [4.69, 9.17) is 5.73 Å². The zero-order chi connectivity index (χ0) is 13.0. The van der Waals surface area contributed by atoms with Gasteiger partial charge in [-0.05, 0) is 61.6 Å². The van der Waals surface area contributed by atoms with E-state index < -0.39 is 0 Å². The molecule has 20 heavy (non-hydrogen) atoms. The number of amides is 1. The van der Waals surface area contributed by atoms with Crippen molar-refractivity contribution in [2.75, 3.05) is 17.2 Å². The minimum Gasteiger partial charge on any atom is -0.398 e. The normalized spacial score (nSPS) is 27.5. The summed E-state index contributed by atoms with van der Waals surface area (Å²) in [5.74, 6) is 2.21. The molecule has 0 bridgehead atoms. The van der Waals surface area contributed by atoms with Gasteiger partial charge in [-0.2, -0.15) is 0 Å². The summed E-state index contributed by atoms with van der Waals surface area (Å²) in [6.45, 7) is 0.864. The van der Waals surface area contributed by atoms with Crippen molar-refractivity contribution in [2.45, 2.75) is 32.1 Å². The number of hydrogen-bond acceptors (Lipinski definition) is 2.